The average Bonchev–Trinajstić information content (AvgIpc) is 3.62. The molecule has 0 unspecified atom stereocenters. The molecule has 1 N–H and O–H groups in total. The number of nitrogens with zero attached hydrogens (tertiary/aromatic N) is 1. The van der Waals surface area contributed by atoms with Gasteiger partial charge in [0, 0.05) is 31.5 Å². The van der Waals surface area contributed by atoms with E-state index >= 15 is 0 Å². The van der Waals surface area contributed by atoms with Gasteiger partial charge in [-0.15, -0.1) is 0 Å². The number of fused-ring (bicyclic) bond motifs is 1. The van der Waals surface area contributed by atoms with E-state index in [0.29, 0.717) is 17.1 Å². The van der Waals surface area contributed by atoms with Crippen molar-refractivity contribution in [1.82, 2.24) is 10.2 Å². The predicted molar refractivity (Wildman–Crippen MR) is 121 cm³/mol. The zero-order valence-corrected chi connectivity index (χ0v) is 19.1. The highest BCUT2D eigenvalue weighted by molar-refractivity contribution is 5.84. The molecule has 2 aromatic carbocycles. The van der Waals surface area contributed by atoms with Gasteiger partial charge < -0.3 is 19.7 Å². The number of halogens is 3. The number of ether oxygens (including phenoxy) is 2. The van der Waals surface area contributed by atoms with Gasteiger partial charge in [0.1, 0.15) is 0 Å². The highest BCUT2D eigenvalue weighted by atomic mass is 19.4. The van der Waals surface area contributed by atoms with Crippen LogP contribution in [0.15, 0.2) is 42.5 Å². The second-order valence-electron chi connectivity index (χ2n) is 9.47. The number of benzene rings is 2. The Balaban J connectivity index is 1.35. The third kappa shape index (κ3) is 4.94. The minimum Gasteiger partial charge on any atom is -0.454 e. The van der Waals surface area contributed by atoms with Crippen LogP contribution in [0.25, 0.3) is 0 Å². The van der Waals surface area contributed by atoms with Gasteiger partial charge in [-0.2, -0.15) is 13.2 Å². The van der Waals surface area contributed by atoms with Gasteiger partial charge in [0.15, 0.2) is 11.5 Å². The topological polar surface area (TPSA) is 67.9 Å². The number of hydrogen-bond donors (Lipinski definition) is 1. The first-order valence-corrected chi connectivity index (χ1v) is 11.9. The van der Waals surface area contributed by atoms with E-state index in [-0.39, 0.29) is 44.2 Å². The summed E-state index contributed by atoms with van der Waals surface area (Å²) in [7, 11) is 0. The zero-order valence-electron chi connectivity index (χ0n) is 19.1. The second kappa shape index (κ2) is 9.43. The van der Waals surface area contributed by atoms with Crippen LogP contribution in [0, 0.1) is 11.8 Å². The summed E-state index contributed by atoms with van der Waals surface area (Å²) in [6, 6.07) is 10.5. The number of alkyl halides is 3. The molecule has 5 rings (SSSR count). The molecule has 1 aliphatic carbocycles. The molecule has 0 radical (unpaired) electrons. The lowest BCUT2D eigenvalue weighted by Gasteiger charge is -2.20. The molecule has 2 aromatic rings. The van der Waals surface area contributed by atoms with Gasteiger partial charge in [0.2, 0.25) is 18.6 Å². The Morgan fingerprint density at radius 3 is 2.54 bits per heavy atom. The van der Waals surface area contributed by atoms with E-state index in [2.05, 4.69) is 5.32 Å². The molecule has 2 amide bonds. The summed E-state index contributed by atoms with van der Waals surface area (Å²) in [5, 5.41) is 2.91. The fourth-order valence-electron chi connectivity index (χ4n) is 5.33. The molecule has 2 atom stereocenters. The van der Waals surface area contributed by atoms with Gasteiger partial charge in [-0.25, -0.2) is 0 Å². The van der Waals surface area contributed by atoms with Crippen LogP contribution >= 0.6 is 0 Å². The smallest absolute Gasteiger partial charge is 0.416 e. The third-order valence-electron chi connectivity index (χ3n) is 7.22. The third-order valence-corrected chi connectivity index (χ3v) is 7.22. The summed E-state index contributed by atoms with van der Waals surface area (Å²) >= 11 is 0. The van der Waals surface area contributed by atoms with Crippen molar-refractivity contribution < 1.29 is 32.2 Å². The largest absolute Gasteiger partial charge is 0.454 e. The minimum absolute atomic E-state index is 0.00514. The normalized spacial score (nSPS) is 22.0. The number of carbonyl (C=O) groups is 2. The van der Waals surface area contributed by atoms with Crippen LogP contribution in [0.3, 0.4) is 0 Å². The molecule has 9 heteroatoms. The lowest BCUT2D eigenvalue weighted by molar-refractivity contribution is -0.138. The molecule has 186 valence electrons. The number of nitrogens with one attached hydrogen (secondary N) is 1. The molecule has 0 aromatic heterocycles. The highest BCUT2D eigenvalue weighted by Gasteiger charge is 2.43. The predicted octanol–water partition coefficient (Wildman–Crippen LogP) is 4.48. The van der Waals surface area contributed by atoms with Crippen molar-refractivity contribution in [2.75, 3.05) is 19.9 Å². The van der Waals surface area contributed by atoms with E-state index in [1.165, 1.54) is 6.07 Å². The maximum Gasteiger partial charge on any atom is 0.416 e. The first-order chi connectivity index (χ1) is 16.8. The molecule has 2 heterocycles. The molecule has 3 aliphatic rings. The summed E-state index contributed by atoms with van der Waals surface area (Å²) in [5.74, 6) is -0.253. The van der Waals surface area contributed by atoms with Crippen LogP contribution in [0.5, 0.6) is 11.5 Å². The second-order valence-corrected chi connectivity index (χ2v) is 9.47. The van der Waals surface area contributed by atoms with Gasteiger partial charge in [-0.05, 0) is 42.2 Å². The quantitative estimate of drug-likeness (QED) is 0.674. The van der Waals surface area contributed by atoms with Gasteiger partial charge in [-0.3, -0.25) is 9.59 Å². The first-order valence-electron chi connectivity index (χ1n) is 11.9. The molecule has 1 saturated heterocycles. The van der Waals surface area contributed by atoms with Crippen LogP contribution in [0.4, 0.5) is 13.2 Å². The van der Waals surface area contributed by atoms with Crippen molar-refractivity contribution in [3.8, 4) is 11.5 Å². The lowest BCUT2D eigenvalue weighted by Crippen LogP contribution is -2.36. The standard InChI is InChI=1S/C26H27F3N2O4/c27-26(28,29)19-7-3-6-18(11-19)20-13-31(25(33)17-4-1-2-5-17)14-21(20)24(32)30-12-16-8-9-22-23(10-16)35-15-34-22/h3,6-11,17,20-21H,1-2,4-5,12-15H2,(H,30,32)/t20-,21-/m0/s1. The number of hydrogen-bond acceptors (Lipinski definition) is 4. The van der Waals surface area contributed by atoms with E-state index in [4.69, 9.17) is 9.47 Å². The summed E-state index contributed by atoms with van der Waals surface area (Å²) in [4.78, 5) is 28.0. The van der Waals surface area contributed by atoms with Crippen molar-refractivity contribution >= 4 is 11.8 Å². The Morgan fingerprint density at radius 1 is 1.00 bits per heavy atom. The molecule has 0 spiro atoms. The van der Waals surface area contributed by atoms with Crippen molar-refractivity contribution in [2.24, 2.45) is 11.8 Å². The SMILES string of the molecule is O=C(NCc1ccc2c(c1)OCO2)[C@H]1CN(C(=O)C2CCCC2)C[C@H]1c1cccc(C(F)(F)F)c1. The molecular formula is C26H27F3N2O4. The van der Waals surface area contributed by atoms with E-state index in [1.54, 1.807) is 23.1 Å². The fourth-order valence-corrected chi connectivity index (χ4v) is 5.33. The lowest BCUT2D eigenvalue weighted by atomic mass is 9.87. The van der Waals surface area contributed by atoms with E-state index in [1.807, 2.05) is 6.07 Å². The molecular weight excluding hydrogens is 461 g/mol. The Bertz CT molecular complexity index is 1110. The van der Waals surface area contributed by atoms with Crippen LogP contribution in [0.1, 0.15) is 48.3 Å². The van der Waals surface area contributed by atoms with Crippen molar-refractivity contribution in [2.45, 2.75) is 44.3 Å². The van der Waals surface area contributed by atoms with Crippen molar-refractivity contribution in [1.29, 1.82) is 0 Å². The summed E-state index contributed by atoms with van der Waals surface area (Å²) in [6.07, 6.45) is -0.832. The first kappa shape index (κ1) is 23.5. The molecule has 2 aliphatic heterocycles. The Kier molecular flexibility index (Phi) is 6.34. The van der Waals surface area contributed by atoms with Crippen LogP contribution in [-0.4, -0.2) is 36.6 Å². The maximum absolute atomic E-state index is 13.4. The average molecular weight is 489 g/mol. The number of amides is 2. The molecule has 0 bridgehead atoms. The highest BCUT2D eigenvalue weighted by Crippen LogP contribution is 2.38. The van der Waals surface area contributed by atoms with Gasteiger partial charge in [-0.1, -0.05) is 37.1 Å². The monoisotopic (exact) mass is 488 g/mol. The van der Waals surface area contributed by atoms with E-state index in [9.17, 15) is 22.8 Å². The minimum atomic E-state index is -4.48. The molecule has 6 nitrogen and oxygen atoms in total. The van der Waals surface area contributed by atoms with Gasteiger partial charge in [0.05, 0.1) is 11.5 Å². The van der Waals surface area contributed by atoms with E-state index in [0.717, 1.165) is 43.4 Å². The summed E-state index contributed by atoms with van der Waals surface area (Å²) in [6.45, 7) is 0.816. The maximum atomic E-state index is 13.4. The molecule has 1 saturated carbocycles. The molecule has 35 heavy (non-hydrogen) atoms. The number of carbonyl (C=O) groups excluding carboxylic acids is 2. The Hall–Kier alpha value is -3.23. The summed E-state index contributed by atoms with van der Waals surface area (Å²) in [5.41, 5.74) is 0.481. The molecule has 2 fully saturated rings. The van der Waals surface area contributed by atoms with Crippen LogP contribution in [0.2, 0.25) is 0 Å². The fraction of sp³-hybridized carbons (Fsp3) is 0.462. The van der Waals surface area contributed by atoms with E-state index < -0.39 is 23.6 Å². The van der Waals surface area contributed by atoms with Crippen molar-refractivity contribution in [3.63, 3.8) is 0 Å². The Labute approximate surface area is 201 Å². The number of likely N-dealkylation sites (tertiary alicyclic amines) is 1. The Morgan fingerprint density at radius 2 is 1.77 bits per heavy atom. The zero-order chi connectivity index (χ0) is 24.6. The van der Waals surface area contributed by atoms with Crippen LogP contribution < -0.4 is 14.8 Å². The van der Waals surface area contributed by atoms with Crippen LogP contribution in [-0.2, 0) is 22.3 Å². The van der Waals surface area contributed by atoms with Gasteiger partial charge in [0.25, 0.3) is 0 Å². The number of rotatable bonds is 5. The van der Waals surface area contributed by atoms with Gasteiger partial charge >= 0.3 is 6.18 Å². The summed E-state index contributed by atoms with van der Waals surface area (Å²) < 4.78 is 50.8. The van der Waals surface area contributed by atoms with Crippen molar-refractivity contribution in [3.05, 3.63) is 59.2 Å².